The highest BCUT2D eigenvalue weighted by molar-refractivity contribution is 5.99. The lowest BCUT2D eigenvalue weighted by molar-refractivity contribution is -0.127. The Labute approximate surface area is 123 Å². The summed E-state index contributed by atoms with van der Waals surface area (Å²) in [6.07, 6.45) is 0.488. The minimum atomic E-state index is -0.573. The number of hydrogen-bond donors (Lipinski definition) is 0. The van der Waals surface area contributed by atoms with Crippen molar-refractivity contribution in [2.24, 2.45) is 11.8 Å². The van der Waals surface area contributed by atoms with Crippen LogP contribution in [0.15, 0.2) is 18.2 Å². The van der Waals surface area contributed by atoms with Gasteiger partial charge in [-0.05, 0) is 30.0 Å². The molecule has 114 valence electrons. The van der Waals surface area contributed by atoms with Crippen molar-refractivity contribution in [1.29, 1.82) is 0 Å². The van der Waals surface area contributed by atoms with E-state index in [1.165, 1.54) is 19.2 Å². The van der Waals surface area contributed by atoms with E-state index in [1.807, 2.05) is 0 Å². The Bertz CT molecular complexity index is 556. The van der Waals surface area contributed by atoms with Gasteiger partial charge in [-0.25, -0.2) is 4.39 Å². The average Bonchev–Trinajstić information content (AvgIpc) is 2.80. The van der Waals surface area contributed by atoms with Crippen LogP contribution in [0.4, 0.5) is 4.39 Å². The zero-order chi connectivity index (χ0) is 15.6. The van der Waals surface area contributed by atoms with E-state index in [0.717, 1.165) is 6.07 Å². The molecular weight excluding hydrogens is 273 g/mol. The normalized spacial score (nSPS) is 18.4. The molecule has 0 saturated carbocycles. The highest BCUT2D eigenvalue weighted by Crippen LogP contribution is 2.25. The number of halogens is 1. The van der Waals surface area contributed by atoms with Crippen molar-refractivity contribution in [3.05, 3.63) is 29.6 Å². The molecule has 0 bridgehead atoms. The summed E-state index contributed by atoms with van der Waals surface area (Å²) in [6, 6.07) is 4.09. The lowest BCUT2D eigenvalue weighted by atomic mass is 9.95. The van der Waals surface area contributed by atoms with E-state index >= 15 is 0 Å². The molecule has 0 N–H and O–H groups in total. The number of nitrogens with zero attached hydrogens (tertiary/aromatic N) is 1. The molecule has 0 radical (unpaired) electrons. The van der Waals surface area contributed by atoms with Crippen LogP contribution in [-0.4, -0.2) is 36.8 Å². The molecule has 1 unspecified atom stereocenters. The quantitative estimate of drug-likeness (QED) is 0.784. The smallest absolute Gasteiger partial charge is 0.223 e. The van der Waals surface area contributed by atoms with Gasteiger partial charge in [-0.15, -0.1) is 0 Å². The lowest BCUT2D eigenvalue weighted by Gasteiger charge is -2.17. The fourth-order valence-electron chi connectivity index (χ4n) is 2.51. The second kappa shape index (κ2) is 6.24. The van der Waals surface area contributed by atoms with Crippen molar-refractivity contribution >= 4 is 11.7 Å². The second-order valence-corrected chi connectivity index (χ2v) is 5.75. The van der Waals surface area contributed by atoms with Gasteiger partial charge in [0.25, 0.3) is 0 Å². The molecule has 1 aromatic rings. The molecule has 1 fully saturated rings. The van der Waals surface area contributed by atoms with Crippen molar-refractivity contribution in [1.82, 2.24) is 4.90 Å². The van der Waals surface area contributed by atoms with Crippen LogP contribution in [0, 0.1) is 17.7 Å². The van der Waals surface area contributed by atoms with Crippen molar-refractivity contribution < 1.29 is 18.7 Å². The molecule has 0 aliphatic carbocycles. The molecule has 4 nitrogen and oxygen atoms in total. The minimum absolute atomic E-state index is 0.00367. The van der Waals surface area contributed by atoms with Crippen molar-refractivity contribution in [2.75, 3.05) is 20.2 Å². The Hall–Kier alpha value is -1.91. The predicted octanol–water partition coefficient (Wildman–Crippen LogP) is 2.52. The Morgan fingerprint density at radius 2 is 2.19 bits per heavy atom. The maximum atomic E-state index is 13.6. The van der Waals surface area contributed by atoms with Gasteiger partial charge in [0.05, 0.1) is 13.7 Å². The fraction of sp³-hybridized carbons (Fsp3) is 0.500. The van der Waals surface area contributed by atoms with Crippen LogP contribution in [-0.2, 0) is 4.79 Å². The molecule has 21 heavy (non-hydrogen) atoms. The van der Waals surface area contributed by atoms with Gasteiger partial charge in [0.2, 0.25) is 5.91 Å². The van der Waals surface area contributed by atoms with Crippen LogP contribution in [0.3, 0.4) is 0 Å². The van der Waals surface area contributed by atoms with Gasteiger partial charge in [0.1, 0.15) is 0 Å². The number of ether oxygens (including phenoxy) is 1. The standard InChI is InChI=1S/C16H20FNO3/c1-10(2)12-7-16(20)18(8-12)9-14(19)11-4-5-15(21-3)13(17)6-11/h4-6,10,12H,7-9H2,1-3H3. The highest BCUT2D eigenvalue weighted by Gasteiger charge is 2.32. The molecule has 0 spiro atoms. The molecule has 1 aromatic carbocycles. The van der Waals surface area contributed by atoms with Crippen molar-refractivity contribution in [3.8, 4) is 5.75 Å². The molecule has 5 heteroatoms. The number of Topliss-reactive ketones (excluding diaryl/α,β-unsaturated/α-hetero) is 1. The topological polar surface area (TPSA) is 46.6 Å². The van der Waals surface area contributed by atoms with E-state index in [4.69, 9.17) is 4.74 Å². The first-order chi connectivity index (χ1) is 9.92. The molecule has 0 aromatic heterocycles. The first kappa shape index (κ1) is 15.5. The third-order valence-corrected chi connectivity index (χ3v) is 4.00. The van der Waals surface area contributed by atoms with E-state index in [2.05, 4.69) is 13.8 Å². The number of benzene rings is 1. The Kier molecular flexibility index (Phi) is 4.60. The van der Waals surface area contributed by atoms with Crippen LogP contribution in [0.5, 0.6) is 5.75 Å². The molecular formula is C16H20FNO3. The Balaban J connectivity index is 2.05. The summed E-state index contributed by atoms with van der Waals surface area (Å²) in [6.45, 7) is 4.75. The number of likely N-dealkylation sites (tertiary alicyclic amines) is 1. The molecule has 2 rings (SSSR count). The van der Waals surface area contributed by atoms with E-state index in [9.17, 15) is 14.0 Å². The van der Waals surface area contributed by atoms with Crippen LogP contribution in [0.25, 0.3) is 0 Å². The van der Waals surface area contributed by atoms with Gasteiger partial charge >= 0.3 is 0 Å². The molecule has 1 atom stereocenters. The van der Waals surface area contributed by atoms with Gasteiger partial charge in [-0.2, -0.15) is 0 Å². The van der Waals surface area contributed by atoms with Crippen molar-refractivity contribution in [2.45, 2.75) is 20.3 Å². The lowest BCUT2D eigenvalue weighted by Crippen LogP contribution is -2.31. The maximum Gasteiger partial charge on any atom is 0.223 e. The van der Waals surface area contributed by atoms with E-state index in [1.54, 1.807) is 4.90 Å². The number of ketones is 1. The van der Waals surface area contributed by atoms with Crippen LogP contribution < -0.4 is 4.74 Å². The molecule has 1 aliphatic heterocycles. The fourth-order valence-corrected chi connectivity index (χ4v) is 2.51. The summed E-state index contributed by atoms with van der Waals surface area (Å²) < 4.78 is 18.4. The average molecular weight is 293 g/mol. The largest absolute Gasteiger partial charge is 0.494 e. The van der Waals surface area contributed by atoms with Crippen LogP contribution >= 0.6 is 0 Å². The van der Waals surface area contributed by atoms with E-state index < -0.39 is 5.82 Å². The number of methoxy groups -OCH3 is 1. The summed E-state index contributed by atoms with van der Waals surface area (Å²) in [5.41, 5.74) is 0.258. The first-order valence-corrected chi connectivity index (χ1v) is 7.07. The minimum Gasteiger partial charge on any atom is -0.494 e. The number of hydrogen-bond acceptors (Lipinski definition) is 3. The molecule has 1 aliphatic rings. The second-order valence-electron chi connectivity index (χ2n) is 5.75. The predicted molar refractivity (Wildman–Crippen MR) is 76.8 cm³/mol. The molecule has 1 amide bonds. The first-order valence-electron chi connectivity index (χ1n) is 7.07. The van der Waals surface area contributed by atoms with Gasteiger partial charge in [0.15, 0.2) is 17.3 Å². The van der Waals surface area contributed by atoms with E-state index in [-0.39, 0.29) is 35.5 Å². The Morgan fingerprint density at radius 1 is 1.48 bits per heavy atom. The van der Waals surface area contributed by atoms with Gasteiger partial charge < -0.3 is 9.64 Å². The third kappa shape index (κ3) is 3.40. The summed E-state index contributed by atoms with van der Waals surface area (Å²) in [5.74, 6) is -0.0319. The number of rotatable bonds is 5. The number of carbonyl (C=O) groups is 2. The summed E-state index contributed by atoms with van der Waals surface area (Å²) in [7, 11) is 1.37. The van der Waals surface area contributed by atoms with Crippen molar-refractivity contribution in [3.63, 3.8) is 0 Å². The number of carbonyl (C=O) groups excluding carboxylic acids is 2. The molecule has 1 heterocycles. The SMILES string of the molecule is COc1ccc(C(=O)CN2CC(C(C)C)CC2=O)cc1F. The van der Waals surface area contributed by atoms with Gasteiger partial charge in [-0.1, -0.05) is 13.8 Å². The number of amides is 1. The van der Waals surface area contributed by atoms with Gasteiger partial charge in [-0.3, -0.25) is 9.59 Å². The van der Waals surface area contributed by atoms with Gasteiger partial charge in [0, 0.05) is 18.5 Å². The summed E-state index contributed by atoms with van der Waals surface area (Å²) in [4.78, 5) is 25.6. The zero-order valence-corrected chi connectivity index (χ0v) is 12.6. The third-order valence-electron chi connectivity index (χ3n) is 4.00. The Morgan fingerprint density at radius 3 is 2.71 bits per heavy atom. The monoisotopic (exact) mass is 293 g/mol. The summed E-state index contributed by atoms with van der Waals surface area (Å²) in [5, 5.41) is 0. The van der Waals surface area contributed by atoms with E-state index in [0.29, 0.717) is 18.9 Å². The summed E-state index contributed by atoms with van der Waals surface area (Å²) >= 11 is 0. The maximum absolute atomic E-state index is 13.6. The zero-order valence-electron chi connectivity index (χ0n) is 12.6. The molecule has 1 saturated heterocycles. The highest BCUT2D eigenvalue weighted by atomic mass is 19.1. The van der Waals surface area contributed by atoms with Crippen LogP contribution in [0.1, 0.15) is 30.6 Å². The van der Waals surface area contributed by atoms with Crippen LogP contribution in [0.2, 0.25) is 0 Å².